The molecule has 1 aliphatic rings. The van der Waals surface area contributed by atoms with Gasteiger partial charge < -0.3 is 15.7 Å². The summed E-state index contributed by atoms with van der Waals surface area (Å²) >= 11 is 5.99. The van der Waals surface area contributed by atoms with Crippen molar-refractivity contribution in [1.82, 2.24) is 10.3 Å². The summed E-state index contributed by atoms with van der Waals surface area (Å²) in [7, 11) is 1.73. The van der Waals surface area contributed by atoms with E-state index in [1.165, 1.54) is 6.20 Å². The Morgan fingerprint density at radius 2 is 2.21 bits per heavy atom. The molecular formula is C13H18ClN3O2. The highest BCUT2D eigenvalue weighted by molar-refractivity contribution is 6.33. The molecule has 1 aliphatic carbocycles. The number of carbonyl (C=O) groups excluding carboxylic acids is 1. The molecule has 2 unspecified atom stereocenters. The molecule has 1 saturated carbocycles. The Morgan fingerprint density at radius 1 is 1.47 bits per heavy atom. The summed E-state index contributed by atoms with van der Waals surface area (Å²) < 4.78 is 0. The first kappa shape index (κ1) is 14.1. The number of halogens is 1. The second-order valence-corrected chi connectivity index (χ2v) is 5.14. The molecule has 1 aromatic rings. The van der Waals surface area contributed by atoms with Crippen molar-refractivity contribution in [3.8, 4) is 0 Å². The van der Waals surface area contributed by atoms with Crippen LogP contribution in [-0.2, 0) is 0 Å². The van der Waals surface area contributed by atoms with Crippen LogP contribution in [0.1, 0.15) is 36.0 Å². The Kier molecular flexibility index (Phi) is 4.61. The van der Waals surface area contributed by atoms with Gasteiger partial charge in [-0.25, -0.2) is 4.98 Å². The number of nitrogens with zero attached hydrogens (tertiary/aromatic N) is 1. The Balaban J connectivity index is 2.10. The maximum Gasteiger partial charge on any atom is 0.253 e. The van der Waals surface area contributed by atoms with E-state index in [1.807, 2.05) is 0 Å². The van der Waals surface area contributed by atoms with E-state index in [1.54, 1.807) is 13.1 Å². The molecule has 6 heteroatoms. The molecule has 0 radical (unpaired) electrons. The molecule has 1 fully saturated rings. The fraction of sp³-hybridized carbons (Fsp3) is 0.538. The van der Waals surface area contributed by atoms with Gasteiger partial charge in [0.05, 0.1) is 22.7 Å². The van der Waals surface area contributed by atoms with Crippen LogP contribution < -0.4 is 10.6 Å². The first-order valence-corrected chi connectivity index (χ1v) is 6.82. The fourth-order valence-corrected chi connectivity index (χ4v) is 2.46. The van der Waals surface area contributed by atoms with Crippen molar-refractivity contribution in [2.24, 2.45) is 0 Å². The lowest BCUT2D eigenvalue weighted by atomic mass is 9.92. The largest absolute Gasteiger partial charge is 0.391 e. The number of rotatable bonds is 3. The molecule has 2 atom stereocenters. The number of carbonyl (C=O) groups is 1. The van der Waals surface area contributed by atoms with Gasteiger partial charge in [-0.15, -0.1) is 0 Å². The maximum absolute atomic E-state index is 12.2. The summed E-state index contributed by atoms with van der Waals surface area (Å²) in [6.07, 6.45) is 4.54. The van der Waals surface area contributed by atoms with Gasteiger partial charge in [0.2, 0.25) is 0 Å². The Labute approximate surface area is 117 Å². The van der Waals surface area contributed by atoms with Crippen LogP contribution in [0.15, 0.2) is 12.3 Å². The summed E-state index contributed by atoms with van der Waals surface area (Å²) in [4.78, 5) is 16.2. The van der Waals surface area contributed by atoms with E-state index in [4.69, 9.17) is 11.6 Å². The highest BCUT2D eigenvalue weighted by Crippen LogP contribution is 2.21. The van der Waals surface area contributed by atoms with E-state index in [2.05, 4.69) is 15.6 Å². The van der Waals surface area contributed by atoms with Crippen LogP contribution in [0.5, 0.6) is 0 Å². The molecular weight excluding hydrogens is 266 g/mol. The third-order valence-electron chi connectivity index (χ3n) is 3.40. The summed E-state index contributed by atoms with van der Waals surface area (Å²) in [5, 5.41) is 15.9. The average Bonchev–Trinajstić information content (AvgIpc) is 2.42. The van der Waals surface area contributed by atoms with Crippen molar-refractivity contribution in [2.45, 2.75) is 37.8 Å². The predicted octanol–water partition coefficient (Wildman–Crippen LogP) is 1.81. The van der Waals surface area contributed by atoms with Crippen LogP contribution >= 0.6 is 11.6 Å². The van der Waals surface area contributed by atoms with Gasteiger partial charge in [0.25, 0.3) is 5.91 Å². The Morgan fingerprint density at radius 3 is 2.89 bits per heavy atom. The zero-order valence-corrected chi connectivity index (χ0v) is 11.6. The van der Waals surface area contributed by atoms with E-state index in [0.717, 1.165) is 25.7 Å². The van der Waals surface area contributed by atoms with Crippen molar-refractivity contribution in [3.05, 3.63) is 22.8 Å². The molecule has 19 heavy (non-hydrogen) atoms. The van der Waals surface area contributed by atoms with Crippen LogP contribution in [0.2, 0.25) is 5.02 Å². The van der Waals surface area contributed by atoms with Gasteiger partial charge in [-0.2, -0.15) is 0 Å². The average molecular weight is 284 g/mol. The first-order chi connectivity index (χ1) is 9.11. The van der Waals surface area contributed by atoms with Crippen molar-refractivity contribution < 1.29 is 9.90 Å². The van der Waals surface area contributed by atoms with Crippen LogP contribution in [0.4, 0.5) is 5.82 Å². The molecule has 0 bridgehead atoms. The molecule has 5 nitrogen and oxygen atoms in total. The summed E-state index contributed by atoms with van der Waals surface area (Å²) in [6, 6.07) is 1.41. The van der Waals surface area contributed by atoms with Gasteiger partial charge in [-0.05, 0) is 18.9 Å². The molecule has 1 aromatic heterocycles. The highest BCUT2D eigenvalue weighted by atomic mass is 35.5. The fourth-order valence-electron chi connectivity index (χ4n) is 2.28. The summed E-state index contributed by atoms with van der Waals surface area (Å²) in [5.74, 6) is 0.314. The van der Waals surface area contributed by atoms with Crippen LogP contribution in [0.25, 0.3) is 0 Å². The minimum Gasteiger partial charge on any atom is -0.391 e. The number of pyridine rings is 1. The minimum atomic E-state index is -0.470. The van der Waals surface area contributed by atoms with E-state index in [0.29, 0.717) is 16.4 Å². The van der Waals surface area contributed by atoms with Crippen molar-refractivity contribution in [2.75, 3.05) is 12.4 Å². The Bertz CT molecular complexity index is 467. The number of aliphatic hydroxyl groups excluding tert-OH is 1. The number of aromatic nitrogens is 1. The second kappa shape index (κ2) is 6.21. The van der Waals surface area contributed by atoms with E-state index in [-0.39, 0.29) is 11.9 Å². The quantitative estimate of drug-likeness (QED) is 0.791. The van der Waals surface area contributed by atoms with E-state index >= 15 is 0 Å². The predicted molar refractivity (Wildman–Crippen MR) is 74.5 cm³/mol. The molecule has 0 spiro atoms. The number of anilines is 1. The van der Waals surface area contributed by atoms with Crippen LogP contribution in [0.3, 0.4) is 0 Å². The highest BCUT2D eigenvalue weighted by Gasteiger charge is 2.25. The zero-order chi connectivity index (χ0) is 13.8. The lowest BCUT2D eigenvalue weighted by Crippen LogP contribution is -2.45. The van der Waals surface area contributed by atoms with E-state index < -0.39 is 6.10 Å². The molecule has 0 aromatic carbocycles. The smallest absolute Gasteiger partial charge is 0.253 e. The number of hydrogen-bond donors (Lipinski definition) is 3. The number of nitrogens with one attached hydrogen (secondary N) is 2. The second-order valence-electron chi connectivity index (χ2n) is 4.73. The topological polar surface area (TPSA) is 74.2 Å². The molecule has 0 aliphatic heterocycles. The lowest BCUT2D eigenvalue weighted by molar-refractivity contribution is 0.0717. The normalized spacial score (nSPS) is 22.9. The maximum atomic E-state index is 12.2. The third-order valence-corrected chi connectivity index (χ3v) is 3.70. The van der Waals surface area contributed by atoms with Crippen molar-refractivity contribution in [3.63, 3.8) is 0 Å². The lowest BCUT2D eigenvalue weighted by Gasteiger charge is -2.28. The zero-order valence-electron chi connectivity index (χ0n) is 10.8. The summed E-state index contributed by atoms with van der Waals surface area (Å²) in [6.45, 7) is 0. The molecule has 3 N–H and O–H groups in total. The van der Waals surface area contributed by atoms with Gasteiger partial charge in [-0.3, -0.25) is 4.79 Å². The molecule has 1 heterocycles. The number of aliphatic hydroxyl groups is 1. The SMILES string of the molecule is CNc1cc(C(=O)NC2CCCCC2O)c(Cl)cn1. The molecule has 2 rings (SSSR count). The monoisotopic (exact) mass is 283 g/mol. The van der Waals surface area contributed by atoms with Gasteiger partial charge in [0.1, 0.15) is 5.82 Å². The third kappa shape index (κ3) is 3.36. The standard InChI is InChI=1S/C13H18ClN3O2/c1-15-12-6-8(9(14)7-16-12)13(19)17-10-4-2-3-5-11(10)18/h6-7,10-11,18H,2-5H2,1H3,(H,15,16)(H,17,19). The van der Waals surface area contributed by atoms with Gasteiger partial charge in [0, 0.05) is 13.2 Å². The molecule has 1 amide bonds. The van der Waals surface area contributed by atoms with Crippen molar-refractivity contribution in [1.29, 1.82) is 0 Å². The number of amides is 1. The first-order valence-electron chi connectivity index (χ1n) is 6.44. The molecule has 104 valence electrons. The summed E-state index contributed by atoms with van der Waals surface area (Å²) in [5.41, 5.74) is 0.374. The van der Waals surface area contributed by atoms with Gasteiger partial charge in [-0.1, -0.05) is 24.4 Å². The van der Waals surface area contributed by atoms with E-state index in [9.17, 15) is 9.90 Å². The number of hydrogen-bond acceptors (Lipinski definition) is 4. The molecule has 0 saturated heterocycles. The van der Waals surface area contributed by atoms with Crippen LogP contribution in [-0.4, -0.2) is 35.2 Å². The Hall–Kier alpha value is -1.33. The minimum absolute atomic E-state index is 0.191. The van der Waals surface area contributed by atoms with Gasteiger partial charge in [0.15, 0.2) is 0 Å². The van der Waals surface area contributed by atoms with Gasteiger partial charge >= 0.3 is 0 Å². The van der Waals surface area contributed by atoms with Crippen molar-refractivity contribution >= 4 is 23.3 Å². The van der Waals surface area contributed by atoms with Crippen LogP contribution in [0, 0.1) is 0 Å².